The highest BCUT2D eigenvalue weighted by Crippen LogP contribution is 2.21. The second-order valence-corrected chi connectivity index (χ2v) is 8.92. The summed E-state index contributed by atoms with van der Waals surface area (Å²) < 4.78 is 33.2. The van der Waals surface area contributed by atoms with Crippen LogP contribution in [0.4, 0.5) is 0 Å². The molecule has 1 heterocycles. The zero-order valence-electron chi connectivity index (χ0n) is 15.6. The number of halogens is 1. The number of sulfonamides is 1. The first-order chi connectivity index (χ1) is 13.4. The molecule has 2 aromatic rings. The van der Waals surface area contributed by atoms with E-state index in [9.17, 15) is 13.2 Å². The van der Waals surface area contributed by atoms with E-state index in [2.05, 4.69) is 4.72 Å². The Morgan fingerprint density at radius 3 is 2.71 bits per heavy atom. The summed E-state index contributed by atoms with van der Waals surface area (Å²) in [5.41, 5.74) is 0.977. The number of amides is 1. The van der Waals surface area contributed by atoms with Crippen molar-refractivity contribution in [3.63, 3.8) is 0 Å². The number of nitrogens with one attached hydrogen (secondary N) is 1. The molecule has 1 aliphatic rings. The van der Waals surface area contributed by atoms with Gasteiger partial charge in [0.25, 0.3) is 0 Å². The number of rotatable bonds is 6. The molecule has 1 atom stereocenters. The van der Waals surface area contributed by atoms with Crippen LogP contribution in [0.25, 0.3) is 0 Å². The molecule has 2 aromatic carbocycles. The van der Waals surface area contributed by atoms with Crippen LogP contribution in [0.5, 0.6) is 5.75 Å². The average Bonchev–Trinajstić information content (AvgIpc) is 2.84. The smallest absolute Gasteiger partial charge is 0.240 e. The lowest BCUT2D eigenvalue weighted by Gasteiger charge is -2.21. The van der Waals surface area contributed by atoms with Crippen molar-refractivity contribution in [1.82, 2.24) is 9.62 Å². The van der Waals surface area contributed by atoms with Crippen molar-refractivity contribution in [1.29, 1.82) is 0 Å². The summed E-state index contributed by atoms with van der Waals surface area (Å²) in [5.74, 6) is 0.763. The van der Waals surface area contributed by atoms with Crippen molar-refractivity contribution < 1.29 is 17.9 Å². The highest BCUT2D eigenvalue weighted by Gasteiger charge is 2.26. The van der Waals surface area contributed by atoms with Gasteiger partial charge in [-0.1, -0.05) is 29.8 Å². The first kappa shape index (κ1) is 20.6. The van der Waals surface area contributed by atoms with Gasteiger partial charge in [-0.15, -0.1) is 0 Å². The molecular formula is C20H23ClN2O4S. The van der Waals surface area contributed by atoms with Crippen LogP contribution in [-0.4, -0.2) is 38.9 Å². The lowest BCUT2D eigenvalue weighted by Crippen LogP contribution is -2.35. The monoisotopic (exact) mass is 422 g/mol. The molecule has 0 aliphatic carbocycles. The van der Waals surface area contributed by atoms with Crippen LogP contribution in [0.1, 0.15) is 24.8 Å². The Kier molecular flexibility index (Phi) is 6.59. The zero-order chi connectivity index (χ0) is 20.1. The molecule has 1 amide bonds. The summed E-state index contributed by atoms with van der Waals surface area (Å²) in [6.07, 6.45) is 1.31. The van der Waals surface area contributed by atoms with Crippen LogP contribution in [0.2, 0.25) is 5.02 Å². The van der Waals surface area contributed by atoms with Crippen LogP contribution < -0.4 is 9.46 Å². The minimum atomic E-state index is -3.68. The van der Waals surface area contributed by atoms with Crippen molar-refractivity contribution in [3.05, 3.63) is 59.1 Å². The third kappa shape index (κ3) is 5.25. The topological polar surface area (TPSA) is 75.7 Å². The first-order valence-corrected chi connectivity index (χ1v) is 10.9. The third-order valence-corrected chi connectivity index (χ3v) is 6.50. The normalized spacial score (nSPS) is 18.0. The molecule has 1 aliphatic heterocycles. The fraction of sp³-hybridized carbons (Fsp3) is 0.350. The second kappa shape index (κ2) is 8.94. The van der Waals surface area contributed by atoms with E-state index in [1.165, 1.54) is 12.1 Å². The molecule has 6 nitrogen and oxygen atoms in total. The molecule has 0 bridgehead atoms. The van der Waals surface area contributed by atoms with Crippen LogP contribution in [-0.2, 0) is 21.4 Å². The van der Waals surface area contributed by atoms with E-state index in [-0.39, 0.29) is 16.8 Å². The maximum Gasteiger partial charge on any atom is 0.240 e. The van der Waals surface area contributed by atoms with E-state index in [0.29, 0.717) is 37.4 Å². The van der Waals surface area contributed by atoms with Gasteiger partial charge in [-0.25, -0.2) is 13.1 Å². The highest BCUT2D eigenvalue weighted by molar-refractivity contribution is 7.89. The molecule has 28 heavy (non-hydrogen) atoms. The number of hydrogen-bond acceptors (Lipinski definition) is 4. The highest BCUT2D eigenvalue weighted by atomic mass is 35.5. The summed E-state index contributed by atoms with van der Waals surface area (Å²) in [5, 5.41) is 0.364. The Balaban J connectivity index is 1.65. The van der Waals surface area contributed by atoms with E-state index in [1.807, 2.05) is 24.3 Å². The van der Waals surface area contributed by atoms with E-state index in [0.717, 1.165) is 11.3 Å². The molecule has 0 radical (unpaired) electrons. The van der Waals surface area contributed by atoms with Crippen molar-refractivity contribution in [2.75, 3.05) is 13.7 Å². The van der Waals surface area contributed by atoms with Gasteiger partial charge in [-0.3, -0.25) is 4.79 Å². The Morgan fingerprint density at radius 1 is 1.18 bits per heavy atom. The molecule has 1 unspecified atom stereocenters. The third-order valence-electron chi connectivity index (χ3n) is 4.74. The number of carbonyl (C=O) groups is 1. The molecule has 1 N–H and O–H groups in total. The molecule has 3 rings (SSSR count). The van der Waals surface area contributed by atoms with Crippen molar-refractivity contribution in [3.8, 4) is 5.75 Å². The predicted octanol–water partition coefficient (Wildman–Crippen LogP) is 3.21. The summed E-state index contributed by atoms with van der Waals surface area (Å²) in [6.45, 7) is 0.961. The van der Waals surface area contributed by atoms with E-state index in [4.69, 9.17) is 16.3 Å². The van der Waals surface area contributed by atoms with Gasteiger partial charge in [0.1, 0.15) is 5.75 Å². The fourth-order valence-electron chi connectivity index (χ4n) is 3.23. The molecule has 8 heteroatoms. The van der Waals surface area contributed by atoms with Gasteiger partial charge in [-0.05, 0) is 48.7 Å². The number of carbonyl (C=O) groups excluding carboxylic acids is 1. The van der Waals surface area contributed by atoms with Gasteiger partial charge < -0.3 is 9.64 Å². The molecule has 1 saturated heterocycles. The number of methoxy groups -OCH3 is 1. The Hall–Kier alpha value is -2.09. The van der Waals surface area contributed by atoms with E-state index in [1.54, 1.807) is 24.1 Å². The zero-order valence-corrected chi connectivity index (χ0v) is 17.2. The van der Waals surface area contributed by atoms with Crippen LogP contribution in [0.15, 0.2) is 53.4 Å². The number of hydrogen-bond donors (Lipinski definition) is 1. The standard InChI is InChI=1S/C20H23ClN2O4S/c1-27-18-6-2-4-15(12-18)14-23-11-10-17(8-9-20(23)24)22-28(25,26)19-7-3-5-16(21)13-19/h2-7,12-13,17,22H,8-11,14H2,1H3. The van der Waals surface area contributed by atoms with Gasteiger partial charge in [0.15, 0.2) is 0 Å². The summed E-state index contributed by atoms with van der Waals surface area (Å²) >= 11 is 5.90. The minimum absolute atomic E-state index is 0.0206. The molecule has 0 aromatic heterocycles. The number of nitrogens with zero attached hydrogens (tertiary/aromatic N) is 1. The quantitative estimate of drug-likeness (QED) is 0.775. The molecule has 1 fully saturated rings. The summed E-state index contributed by atoms with van der Waals surface area (Å²) in [4.78, 5) is 14.4. The maximum absolute atomic E-state index is 12.6. The van der Waals surface area contributed by atoms with Crippen LogP contribution >= 0.6 is 11.6 Å². The van der Waals surface area contributed by atoms with E-state index < -0.39 is 10.0 Å². The number of ether oxygens (including phenoxy) is 1. The van der Waals surface area contributed by atoms with Gasteiger partial charge >= 0.3 is 0 Å². The predicted molar refractivity (Wildman–Crippen MR) is 108 cm³/mol. The van der Waals surface area contributed by atoms with Gasteiger partial charge in [-0.2, -0.15) is 0 Å². The lowest BCUT2D eigenvalue weighted by molar-refractivity contribution is -0.131. The summed E-state index contributed by atoms with van der Waals surface area (Å²) in [7, 11) is -2.08. The fourth-order valence-corrected chi connectivity index (χ4v) is 4.84. The number of benzene rings is 2. The Labute approximate surface area is 170 Å². The molecule has 150 valence electrons. The lowest BCUT2D eigenvalue weighted by atomic mass is 10.1. The number of likely N-dealkylation sites (tertiary alicyclic amines) is 1. The average molecular weight is 423 g/mol. The first-order valence-electron chi connectivity index (χ1n) is 9.06. The van der Waals surface area contributed by atoms with Crippen LogP contribution in [0.3, 0.4) is 0 Å². The van der Waals surface area contributed by atoms with Crippen molar-refractivity contribution in [2.45, 2.75) is 36.7 Å². The van der Waals surface area contributed by atoms with Crippen molar-refractivity contribution >= 4 is 27.5 Å². The SMILES string of the molecule is COc1cccc(CN2CCC(NS(=O)(=O)c3cccc(Cl)c3)CCC2=O)c1. The van der Waals surface area contributed by atoms with Crippen LogP contribution in [0, 0.1) is 0 Å². The second-order valence-electron chi connectivity index (χ2n) is 6.77. The molecular weight excluding hydrogens is 400 g/mol. The van der Waals surface area contributed by atoms with Gasteiger partial charge in [0.2, 0.25) is 15.9 Å². The maximum atomic E-state index is 12.6. The van der Waals surface area contributed by atoms with E-state index >= 15 is 0 Å². The summed E-state index contributed by atoms with van der Waals surface area (Å²) in [6, 6.07) is 13.4. The van der Waals surface area contributed by atoms with Crippen molar-refractivity contribution in [2.24, 2.45) is 0 Å². The molecule has 0 spiro atoms. The minimum Gasteiger partial charge on any atom is -0.497 e. The van der Waals surface area contributed by atoms with Gasteiger partial charge in [0, 0.05) is 30.6 Å². The Morgan fingerprint density at radius 2 is 1.96 bits per heavy atom. The molecule has 0 saturated carbocycles. The largest absolute Gasteiger partial charge is 0.497 e. The van der Waals surface area contributed by atoms with Gasteiger partial charge in [0.05, 0.1) is 12.0 Å². The Bertz CT molecular complexity index is 949.